The fourth-order valence-corrected chi connectivity index (χ4v) is 2.83. The number of nitrogens with zero attached hydrogens (tertiary/aromatic N) is 3. The summed E-state index contributed by atoms with van der Waals surface area (Å²) in [6.45, 7) is 3.14. The molecule has 4 nitrogen and oxygen atoms in total. The Labute approximate surface area is 118 Å². The van der Waals surface area contributed by atoms with Gasteiger partial charge in [-0.15, -0.1) is 10.2 Å². The number of aryl methyl sites for hydroxylation is 1. The molecule has 0 bridgehead atoms. The molecule has 0 amide bonds. The van der Waals surface area contributed by atoms with E-state index in [2.05, 4.69) is 31.0 Å². The van der Waals surface area contributed by atoms with Crippen LogP contribution >= 0.6 is 15.9 Å². The van der Waals surface area contributed by atoms with Crippen molar-refractivity contribution in [3.05, 3.63) is 39.8 Å². The molecule has 2 heterocycles. The molecule has 2 aromatic rings. The topological polar surface area (TPSA) is 42.2 Å². The predicted octanol–water partition coefficient (Wildman–Crippen LogP) is 3.23. The lowest BCUT2D eigenvalue weighted by Gasteiger charge is -2.30. The number of aromatic nitrogens is 2. The number of anilines is 1. The van der Waals surface area contributed by atoms with E-state index in [1.54, 1.807) is 6.92 Å². The lowest BCUT2D eigenvalue weighted by molar-refractivity contribution is 0.458. The first kappa shape index (κ1) is 12.6. The normalized spacial score (nSPS) is 14.6. The Morgan fingerprint density at radius 1 is 1.42 bits per heavy atom. The van der Waals surface area contributed by atoms with Crippen LogP contribution in [-0.2, 0) is 13.0 Å². The molecule has 0 aliphatic carbocycles. The number of hydrogen-bond acceptors (Lipinski definition) is 4. The molecule has 0 N–H and O–H groups in total. The average molecular weight is 326 g/mol. The second-order valence-corrected chi connectivity index (χ2v) is 5.54. The molecule has 3 rings (SSSR count). The Balaban J connectivity index is 1.93. The molecule has 0 radical (unpaired) electrons. The first-order valence-corrected chi connectivity index (χ1v) is 6.94. The molecule has 0 saturated heterocycles. The van der Waals surface area contributed by atoms with E-state index in [9.17, 15) is 4.39 Å². The Hall–Kier alpha value is -1.43. The van der Waals surface area contributed by atoms with Crippen molar-refractivity contribution in [2.45, 2.75) is 26.3 Å². The summed E-state index contributed by atoms with van der Waals surface area (Å²) >= 11 is 3.34. The summed E-state index contributed by atoms with van der Waals surface area (Å²) in [6.07, 6.45) is 1.70. The van der Waals surface area contributed by atoms with Crippen molar-refractivity contribution >= 4 is 21.6 Å². The first-order chi connectivity index (χ1) is 9.13. The van der Waals surface area contributed by atoms with E-state index < -0.39 is 0 Å². The third-order valence-corrected chi connectivity index (χ3v) is 3.68. The Morgan fingerprint density at radius 3 is 3.00 bits per heavy atom. The Kier molecular flexibility index (Phi) is 3.26. The van der Waals surface area contributed by atoms with Crippen LogP contribution in [0.5, 0.6) is 0 Å². The van der Waals surface area contributed by atoms with E-state index >= 15 is 0 Å². The summed E-state index contributed by atoms with van der Waals surface area (Å²) in [4.78, 5) is 2.08. The molecule has 0 unspecified atom stereocenters. The van der Waals surface area contributed by atoms with E-state index in [1.807, 2.05) is 6.07 Å². The largest absolute Gasteiger partial charge is 0.424 e. The predicted molar refractivity (Wildman–Crippen MR) is 72.5 cm³/mol. The van der Waals surface area contributed by atoms with Gasteiger partial charge in [-0.2, -0.15) is 0 Å². The van der Waals surface area contributed by atoms with Gasteiger partial charge in [-0.25, -0.2) is 4.39 Å². The highest BCUT2D eigenvalue weighted by atomic mass is 79.9. The molecule has 0 saturated carbocycles. The van der Waals surface area contributed by atoms with Gasteiger partial charge in [0.15, 0.2) is 0 Å². The minimum Gasteiger partial charge on any atom is -0.424 e. The number of rotatable bonds is 2. The van der Waals surface area contributed by atoms with Crippen molar-refractivity contribution in [3.63, 3.8) is 0 Å². The highest BCUT2D eigenvalue weighted by Crippen LogP contribution is 2.33. The van der Waals surface area contributed by atoms with Gasteiger partial charge in [0.1, 0.15) is 5.82 Å². The third-order valence-electron chi connectivity index (χ3n) is 3.23. The molecule has 6 heteroatoms. The van der Waals surface area contributed by atoms with Crippen LogP contribution in [0.25, 0.3) is 0 Å². The average Bonchev–Trinajstić information content (AvgIpc) is 2.76. The fraction of sp³-hybridized carbons (Fsp3) is 0.385. The second kappa shape index (κ2) is 4.92. The Morgan fingerprint density at radius 2 is 2.26 bits per heavy atom. The van der Waals surface area contributed by atoms with Crippen LogP contribution in [0.3, 0.4) is 0 Å². The van der Waals surface area contributed by atoms with Gasteiger partial charge in [0.25, 0.3) is 0 Å². The zero-order valence-electron chi connectivity index (χ0n) is 10.5. The molecule has 1 aromatic carbocycles. The minimum absolute atomic E-state index is 0.157. The second-order valence-electron chi connectivity index (χ2n) is 4.63. The van der Waals surface area contributed by atoms with Gasteiger partial charge in [-0.05, 0) is 25.0 Å². The summed E-state index contributed by atoms with van der Waals surface area (Å²) in [5, 5.41) is 7.81. The van der Waals surface area contributed by atoms with Crippen LogP contribution in [-0.4, -0.2) is 16.7 Å². The summed E-state index contributed by atoms with van der Waals surface area (Å²) < 4.78 is 20.1. The van der Waals surface area contributed by atoms with E-state index in [-0.39, 0.29) is 5.82 Å². The smallest absolute Gasteiger partial charge is 0.235 e. The van der Waals surface area contributed by atoms with Gasteiger partial charge in [-0.1, -0.05) is 15.9 Å². The standard InChI is InChI=1S/C13H13BrFN3O/c1-8-16-17-13(19-8)7-18-4-2-3-10-11(15)5-9(14)6-12(10)18/h5-6H,2-4,7H2,1H3. The van der Waals surface area contributed by atoms with Gasteiger partial charge in [0.05, 0.1) is 6.54 Å². The SMILES string of the molecule is Cc1nnc(CN2CCCc3c(F)cc(Br)cc32)o1. The van der Waals surface area contributed by atoms with Gasteiger partial charge >= 0.3 is 0 Å². The molecular formula is C13H13BrFN3O. The molecular weight excluding hydrogens is 313 g/mol. The zero-order chi connectivity index (χ0) is 13.4. The van der Waals surface area contributed by atoms with Crippen molar-refractivity contribution in [2.24, 2.45) is 0 Å². The van der Waals surface area contributed by atoms with Crippen LogP contribution in [0.15, 0.2) is 21.0 Å². The molecule has 1 aliphatic rings. The maximum Gasteiger partial charge on any atom is 0.235 e. The summed E-state index contributed by atoms with van der Waals surface area (Å²) in [5.41, 5.74) is 1.68. The zero-order valence-corrected chi connectivity index (χ0v) is 12.1. The lowest BCUT2D eigenvalue weighted by atomic mass is 10.0. The van der Waals surface area contributed by atoms with Crippen molar-refractivity contribution in [1.29, 1.82) is 0 Å². The van der Waals surface area contributed by atoms with E-state index in [0.29, 0.717) is 18.3 Å². The molecule has 0 atom stereocenters. The van der Waals surface area contributed by atoms with Gasteiger partial charge in [-0.3, -0.25) is 0 Å². The van der Waals surface area contributed by atoms with Gasteiger partial charge in [0.2, 0.25) is 11.8 Å². The maximum absolute atomic E-state index is 13.9. The van der Waals surface area contributed by atoms with Gasteiger partial charge < -0.3 is 9.32 Å². The summed E-state index contributed by atoms with van der Waals surface area (Å²) in [7, 11) is 0. The first-order valence-electron chi connectivity index (χ1n) is 6.15. The van der Waals surface area contributed by atoms with Gasteiger partial charge in [0, 0.05) is 29.2 Å². The minimum atomic E-state index is -0.157. The molecule has 19 heavy (non-hydrogen) atoms. The highest BCUT2D eigenvalue weighted by molar-refractivity contribution is 9.10. The number of benzene rings is 1. The molecule has 1 aliphatic heterocycles. The van der Waals surface area contributed by atoms with Crippen molar-refractivity contribution < 1.29 is 8.81 Å². The molecule has 0 fully saturated rings. The molecule has 100 valence electrons. The van der Waals surface area contributed by atoms with Crippen molar-refractivity contribution in [1.82, 2.24) is 10.2 Å². The third kappa shape index (κ3) is 2.49. The fourth-order valence-electron chi connectivity index (χ4n) is 2.42. The molecule has 1 aromatic heterocycles. The van der Waals surface area contributed by atoms with Crippen LogP contribution in [0.4, 0.5) is 10.1 Å². The quantitative estimate of drug-likeness (QED) is 0.850. The van der Waals surface area contributed by atoms with Crippen LogP contribution < -0.4 is 4.90 Å². The number of hydrogen-bond donors (Lipinski definition) is 0. The number of halogens is 2. The lowest BCUT2D eigenvalue weighted by Crippen LogP contribution is -2.29. The maximum atomic E-state index is 13.9. The van der Waals surface area contributed by atoms with Crippen LogP contribution in [0.1, 0.15) is 23.8 Å². The Bertz CT molecular complexity index is 614. The van der Waals surface area contributed by atoms with E-state index in [4.69, 9.17) is 4.42 Å². The van der Waals surface area contributed by atoms with E-state index in [0.717, 1.165) is 35.1 Å². The van der Waals surface area contributed by atoms with E-state index in [1.165, 1.54) is 6.07 Å². The monoisotopic (exact) mass is 325 g/mol. The molecule has 0 spiro atoms. The van der Waals surface area contributed by atoms with Crippen molar-refractivity contribution in [2.75, 3.05) is 11.4 Å². The van der Waals surface area contributed by atoms with Crippen molar-refractivity contribution in [3.8, 4) is 0 Å². The summed E-state index contributed by atoms with van der Waals surface area (Å²) in [6, 6.07) is 3.46. The number of fused-ring (bicyclic) bond motifs is 1. The summed E-state index contributed by atoms with van der Waals surface area (Å²) in [5.74, 6) is 0.953. The van der Waals surface area contributed by atoms with Crippen LogP contribution in [0.2, 0.25) is 0 Å². The van der Waals surface area contributed by atoms with Crippen LogP contribution in [0, 0.1) is 12.7 Å². The highest BCUT2D eigenvalue weighted by Gasteiger charge is 2.22.